The van der Waals surface area contributed by atoms with Crippen molar-refractivity contribution >= 4 is 48.4 Å². The Bertz CT molecular complexity index is 830. The van der Waals surface area contributed by atoms with Crippen LogP contribution in [0.15, 0.2) is 46.9 Å². The molecular weight excluding hydrogens is 376 g/mol. The summed E-state index contributed by atoms with van der Waals surface area (Å²) in [6, 6.07) is 13.1. The first-order valence-corrected chi connectivity index (χ1v) is 8.82. The van der Waals surface area contributed by atoms with Crippen molar-refractivity contribution in [2.75, 3.05) is 18.5 Å². The third-order valence-corrected chi connectivity index (χ3v) is 4.74. The van der Waals surface area contributed by atoms with Crippen LogP contribution in [0.2, 0.25) is 0 Å². The van der Waals surface area contributed by atoms with Gasteiger partial charge in [-0.15, -0.1) is 0 Å². The maximum atomic E-state index is 12.2. The van der Waals surface area contributed by atoms with Gasteiger partial charge in [0.05, 0.1) is 23.4 Å². The Labute approximate surface area is 146 Å². The summed E-state index contributed by atoms with van der Waals surface area (Å²) >= 11 is 4.88. The number of aromatic nitrogens is 1. The average Bonchev–Trinajstić information content (AvgIpc) is 2.96. The molecule has 0 atom stereocenters. The first-order valence-electron chi connectivity index (χ1n) is 7.21. The predicted molar refractivity (Wildman–Crippen MR) is 97.8 cm³/mol. The van der Waals surface area contributed by atoms with Gasteiger partial charge in [-0.05, 0) is 37.3 Å². The Hall–Kier alpha value is -1.92. The van der Waals surface area contributed by atoms with Crippen molar-refractivity contribution in [3.05, 3.63) is 52.5 Å². The van der Waals surface area contributed by atoms with Gasteiger partial charge in [0, 0.05) is 10.0 Å². The lowest BCUT2D eigenvalue weighted by atomic mass is 10.1. The van der Waals surface area contributed by atoms with Crippen LogP contribution in [0.4, 0.5) is 5.13 Å². The third kappa shape index (κ3) is 3.89. The smallest absolute Gasteiger partial charge is 0.184 e. The average molecular weight is 391 g/mol. The summed E-state index contributed by atoms with van der Waals surface area (Å²) in [4.78, 5) is 16.6. The maximum absolute atomic E-state index is 12.2. The van der Waals surface area contributed by atoms with E-state index in [-0.39, 0.29) is 12.3 Å². The van der Waals surface area contributed by atoms with Gasteiger partial charge in [-0.1, -0.05) is 39.4 Å². The summed E-state index contributed by atoms with van der Waals surface area (Å²) in [6.45, 7) is 2.81. The van der Waals surface area contributed by atoms with Crippen molar-refractivity contribution in [3.8, 4) is 5.75 Å². The van der Waals surface area contributed by atoms with Gasteiger partial charge in [-0.3, -0.25) is 4.79 Å². The molecule has 0 fully saturated rings. The summed E-state index contributed by atoms with van der Waals surface area (Å²) in [5.74, 6) is 0.868. The van der Waals surface area contributed by atoms with Gasteiger partial charge in [-0.2, -0.15) is 0 Å². The number of halogens is 1. The Morgan fingerprint density at radius 2 is 2.04 bits per heavy atom. The van der Waals surface area contributed by atoms with E-state index in [0.717, 1.165) is 25.6 Å². The lowest BCUT2D eigenvalue weighted by Gasteiger charge is -2.02. The van der Waals surface area contributed by atoms with E-state index >= 15 is 0 Å². The lowest BCUT2D eigenvalue weighted by Crippen LogP contribution is -2.13. The zero-order valence-corrected chi connectivity index (χ0v) is 14.9. The van der Waals surface area contributed by atoms with Crippen LogP contribution in [0.25, 0.3) is 10.2 Å². The molecule has 0 radical (unpaired) electrons. The van der Waals surface area contributed by atoms with Crippen LogP contribution in [0.5, 0.6) is 5.75 Å². The number of nitrogens with one attached hydrogen (secondary N) is 1. The van der Waals surface area contributed by atoms with Crippen LogP contribution in [0.1, 0.15) is 17.3 Å². The molecule has 4 nitrogen and oxygen atoms in total. The third-order valence-electron chi connectivity index (χ3n) is 3.24. The van der Waals surface area contributed by atoms with Crippen molar-refractivity contribution in [2.24, 2.45) is 0 Å². The normalized spacial score (nSPS) is 10.7. The largest absolute Gasteiger partial charge is 0.494 e. The summed E-state index contributed by atoms with van der Waals surface area (Å²) in [5.41, 5.74) is 1.58. The lowest BCUT2D eigenvalue weighted by molar-refractivity contribution is 0.101. The molecule has 0 spiro atoms. The zero-order chi connectivity index (χ0) is 16.2. The molecule has 118 valence electrons. The van der Waals surface area contributed by atoms with E-state index < -0.39 is 0 Å². The second-order valence-corrected chi connectivity index (χ2v) is 6.81. The van der Waals surface area contributed by atoms with Gasteiger partial charge in [0.1, 0.15) is 5.75 Å². The highest BCUT2D eigenvalue weighted by atomic mass is 79.9. The molecule has 6 heteroatoms. The molecule has 23 heavy (non-hydrogen) atoms. The van der Waals surface area contributed by atoms with Gasteiger partial charge >= 0.3 is 0 Å². The number of hydrogen-bond acceptors (Lipinski definition) is 5. The van der Waals surface area contributed by atoms with E-state index in [1.807, 2.05) is 37.3 Å². The molecule has 0 aliphatic carbocycles. The van der Waals surface area contributed by atoms with Gasteiger partial charge in [0.15, 0.2) is 10.9 Å². The van der Waals surface area contributed by atoms with Crippen LogP contribution in [0, 0.1) is 0 Å². The minimum Gasteiger partial charge on any atom is -0.494 e. The molecule has 0 bridgehead atoms. The molecule has 0 unspecified atom stereocenters. The summed E-state index contributed by atoms with van der Waals surface area (Å²) in [6.07, 6.45) is 0. The first kappa shape index (κ1) is 16.0. The fourth-order valence-electron chi connectivity index (χ4n) is 2.13. The molecule has 1 aromatic heterocycles. The quantitative estimate of drug-likeness (QED) is 0.616. The fourth-order valence-corrected chi connectivity index (χ4v) is 3.29. The number of fused-ring (bicyclic) bond motifs is 1. The molecule has 0 saturated heterocycles. The molecule has 0 amide bonds. The minimum absolute atomic E-state index is 0.0340. The topological polar surface area (TPSA) is 51.2 Å². The number of Topliss-reactive ketones (excluding diaryl/α,β-unsaturated/α-hetero) is 1. The molecule has 3 rings (SSSR count). The van der Waals surface area contributed by atoms with Crippen LogP contribution < -0.4 is 10.1 Å². The molecule has 0 saturated carbocycles. The molecule has 0 aliphatic rings. The minimum atomic E-state index is 0.0340. The molecule has 2 aromatic carbocycles. The van der Waals surface area contributed by atoms with Crippen molar-refractivity contribution in [2.45, 2.75) is 6.92 Å². The Kier molecular flexibility index (Phi) is 4.93. The van der Waals surface area contributed by atoms with Crippen molar-refractivity contribution in [1.29, 1.82) is 0 Å². The van der Waals surface area contributed by atoms with Crippen molar-refractivity contribution in [3.63, 3.8) is 0 Å². The summed E-state index contributed by atoms with van der Waals surface area (Å²) in [5, 5.41) is 3.84. The fraction of sp³-hybridized carbons (Fsp3) is 0.176. The van der Waals surface area contributed by atoms with E-state index in [0.29, 0.717) is 12.2 Å². The van der Waals surface area contributed by atoms with Gasteiger partial charge in [-0.25, -0.2) is 4.98 Å². The number of carbonyl (C=O) groups excluding carboxylic acids is 1. The van der Waals surface area contributed by atoms with E-state index in [1.54, 1.807) is 12.1 Å². The number of carbonyl (C=O) groups is 1. The number of benzene rings is 2. The Morgan fingerprint density at radius 3 is 2.78 bits per heavy atom. The van der Waals surface area contributed by atoms with E-state index in [1.165, 1.54) is 11.3 Å². The van der Waals surface area contributed by atoms with E-state index in [2.05, 4.69) is 26.2 Å². The Morgan fingerprint density at radius 1 is 1.26 bits per heavy atom. The Balaban J connectivity index is 1.69. The van der Waals surface area contributed by atoms with Crippen LogP contribution in [-0.4, -0.2) is 23.9 Å². The number of anilines is 1. The highest BCUT2D eigenvalue weighted by Gasteiger charge is 2.09. The molecule has 1 heterocycles. The van der Waals surface area contributed by atoms with Crippen LogP contribution in [-0.2, 0) is 0 Å². The summed E-state index contributed by atoms with van der Waals surface area (Å²) in [7, 11) is 0. The number of hydrogen-bond donors (Lipinski definition) is 1. The summed E-state index contributed by atoms with van der Waals surface area (Å²) < 4.78 is 7.48. The number of thiazole rings is 1. The van der Waals surface area contributed by atoms with Crippen molar-refractivity contribution < 1.29 is 9.53 Å². The zero-order valence-electron chi connectivity index (χ0n) is 12.5. The number of rotatable bonds is 6. The van der Waals surface area contributed by atoms with Crippen LogP contribution in [0.3, 0.4) is 0 Å². The highest BCUT2D eigenvalue weighted by Crippen LogP contribution is 2.29. The molecule has 1 N–H and O–H groups in total. The number of ether oxygens (including phenoxy) is 1. The number of ketones is 1. The molecule has 0 aliphatic heterocycles. The number of nitrogens with zero attached hydrogens (tertiary/aromatic N) is 1. The van der Waals surface area contributed by atoms with Crippen LogP contribution >= 0.6 is 27.3 Å². The molecule has 3 aromatic rings. The molecular formula is C17H15BrN2O2S. The monoisotopic (exact) mass is 390 g/mol. The second kappa shape index (κ2) is 7.10. The maximum Gasteiger partial charge on any atom is 0.184 e. The predicted octanol–water partition coefficient (Wildman–Crippen LogP) is 4.75. The van der Waals surface area contributed by atoms with Gasteiger partial charge < -0.3 is 10.1 Å². The van der Waals surface area contributed by atoms with E-state index in [9.17, 15) is 4.79 Å². The SMILES string of the molecule is CCOc1ccc2nc(NCC(=O)c3ccc(Br)cc3)sc2c1. The van der Waals surface area contributed by atoms with Gasteiger partial charge in [0.2, 0.25) is 0 Å². The first-order chi connectivity index (χ1) is 11.2. The second-order valence-electron chi connectivity index (χ2n) is 4.87. The van der Waals surface area contributed by atoms with E-state index in [4.69, 9.17) is 4.74 Å². The highest BCUT2D eigenvalue weighted by molar-refractivity contribution is 9.10. The van der Waals surface area contributed by atoms with Crippen molar-refractivity contribution in [1.82, 2.24) is 4.98 Å². The van der Waals surface area contributed by atoms with Gasteiger partial charge in [0.25, 0.3) is 0 Å². The standard InChI is InChI=1S/C17H15BrN2O2S/c1-2-22-13-7-8-14-16(9-13)23-17(20-14)19-10-15(21)11-3-5-12(18)6-4-11/h3-9H,2,10H2,1H3,(H,19,20).